The Morgan fingerprint density at radius 1 is 1.35 bits per heavy atom. The summed E-state index contributed by atoms with van der Waals surface area (Å²) in [6.07, 6.45) is 0. The molecular weight excluding hydrogens is 264 g/mol. The number of aryl methyl sites for hydroxylation is 1. The number of carbonyl (C=O) groups excluding carboxylic acids is 2. The minimum atomic E-state index is -1.19. The number of carboxylic acid groups (broad SMARTS) is 1. The minimum absolute atomic E-state index is 0.125. The summed E-state index contributed by atoms with van der Waals surface area (Å²) >= 11 is 0. The van der Waals surface area contributed by atoms with E-state index in [2.05, 4.69) is 15.6 Å². The van der Waals surface area contributed by atoms with Crippen LogP contribution < -0.4 is 16.4 Å². The van der Waals surface area contributed by atoms with Crippen LogP contribution in [-0.4, -0.2) is 34.0 Å². The summed E-state index contributed by atoms with van der Waals surface area (Å²) in [6.45, 7) is 5.13. The number of urea groups is 1. The molecule has 0 saturated heterocycles. The van der Waals surface area contributed by atoms with Gasteiger partial charge in [0.15, 0.2) is 0 Å². The number of rotatable bonds is 5. The van der Waals surface area contributed by atoms with E-state index >= 15 is 0 Å². The smallest absolute Gasteiger partial charge is 0.354 e. The van der Waals surface area contributed by atoms with Crippen LogP contribution in [0.25, 0.3) is 0 Å². The van der Waals surface area contributed by atoms with Gasteiger partial charge >= 0.3 is 12.0 Å². The number of H-pyrrole nitrogens is 1. The maximum absolute atomic E-state index is 11.8. The molecule has 1 rings (SSSR count). The summed E-state index contributed by atoms with van der Waals surface area (Å²) in [7, 11) is 0. The summed E-state index contributed by atoms with van der Waals surface area (Å²) < 4.78 is 0. The molecule has 8 nitrogen and oxygen atoms in total. The first-order valence-electron chi connectivity index (χ1n) is 6.02. The molecule has 0 fully saturated rings. The molecule has 8 heteroatoms. The van der Waals surface area contributed by atoms with E-state index in [4.69, 9.17) is 10.8 Å². The molecule has 6 N–H and O–H groups in total. The average molecular weight is 282 g/mol. The van der Waals surface area contributed by atoms with Gasteiger partial charge in [0.1, 0.15) is 11.7 Å². The molecule has 1 aromatic heterocycles. The van der Waals surface area contributed by atoms with Gasteiger partial charge in [-0.25, -0.2) is 9.59 Å². The van der Waals surface area contributed by atoms with Gasteiger partial charge < -0.3 is 26.5 Å². The van der Waals surface area contributed by atoms with Gasteiger partial charge in [0, 0.05) is 5.69 Å². The van der Waals surface area contributed by atoms with Crippen molar-refractivity contribution in [1.29, 1.82) is 0 Å². The van der Waals surface area contributed by atoms with Crippen LogP contribution >= 0.6 is 0 Å². The van der Waals surface area contributed by atoms with E-state index in [0.717, 1.165) is 0 Å². The molecule has 0 aliphatic heterocycles. The molecule has 0 saturated carbocycles. The highest BCUT2D eigenvalue weighted by molar-refractivity contribution is 6.00. The van der Waals surface area contributed by atoms with Crippen molar-refractivity contribution in [2.45, 2.75) is 26.8 Å². The first kappa shape index (κ1) is 15.5. The maximum atomic E-state index is 11.8. The molecule has 1 heterocycles. The van der Waals surface area contributed by atoms with E-state index in [-0.39, 0.29) is 17.3 Å². The number of nitrogens with two attached hydrogens (primary N) is 1. The zero-order valence-electron chi connectivity index (χ0n) is 11.5. The fourth-order valence-electron chi connectivity index (χ4n) is 1.72. The SMILES string of the molecule is Cc1cc(NC(=O)NC(C(N)=O)C(C)C)c(C(=O)O)[nH]1. The third-order valence-electron chi connectivity index (χ3n) is 2.67. The Labute approximate surface area is 115 Å². The summed E-state index contributed by atoms with van der Waals surface area (Å²) in [5, 5.41) is 13.8. The molecule has 0 bridgehead atoms. The Kier molecular flexibility index (Phi) is 4.73. The van der Waals surface area contributed by atoms with Crippen molar-refractivity contribution in [1.82, 2.24) is 10.3 Å². The number of primary amides is 1. The van der Waals surface area contributed by atoms with Crippen LogP contribution in [0.3, 0.4) is 0 Å². The summed E-state index contributed by atoms with van der Waals surface area (Å²) in [5.74, 6) is -2.02. The molecule has 3 amide bonds. The van der Waals surface area contributed by atoms with Crippen LogP contribution in [-0.2, 0) is 4.79 Å². The molecule has 0 aliphatic carbocycles. The van der Waals surface area contributed by atoms with Crippen molar-refractivity contribution < 1.29 is 19.5 Å². The Hall–Kier alpha value is -2.51. The third-order valence-corrected chi connectivity index (χ3v) is 2.67. The molecule has 1 aromatic rings. The van der Waals surface area contributed by atoms with Crippen LogP contribution in [0, 0.1) is 12.8 Å². The fraction of sp³-hybridized carbons (Fsp3) is 0.417. The molecule has 1 atom stereocenters. The van der Waals surface area contributed by atoms with E-state index in [1.54, 1.807) is 20.8 Å². The normalized spacial score (nSPS) is 12.0. The lowest BCUT2D eigenvalue weighted by Crippen LogP contribution is -2.49. The largest absolute Gasteiger partial charge is 0.477 e. The lowest BCUT2D eigenvalue weighted by molar-refractivity contribution is -0.120. The lowest BCUT2D eigenvalue weighted by atomic mass is 10.0. The number of carboxylic acids is 1. The number of hydrogen-bond acceptors (Lipinski definition) is 3. The molecular formula is C12H18N4O4. The second kappa shape index (κ2) is 6.09. The van der Waals surface area contributed by atoms with Gasteiger partial charge in [-0.05, 0) is 18.9 Å². The van der Waals surface area contributed by atoms with Crippen LogP contribution in [0.2, 0.25) is 0 Å². The fourth-order valence-corrected chi connectivity index (χ4v) is 1.72. The van der Waals surface area contributed by atoms with Gasteiger partial charge in [-0.2, -0.15) is 0 Å². The molecule has 0 aromatic carbocycles. The van der Waals surface area contributed by atoms with Gasteiger partial charge in [0.25, 0.3) is 0 Å². The topological polar surface area (TPSA) is 137 Å². The van der Waals surface area contributed by atoms with Gasteiger partial charge in [-0.15, -0.1) is 0 Å². The summed E-state index contributed by atoms with van der Waals surface area (Å²) in [6, 6.07) is -0.0372. The number of aromatic nitrogens is 1. The van der Waals surface area contributed by atoms with Gasteiger partial charge in [0.05, 0.1) is 5.69 Å². The Balaban J connectivity index is 2.81. The number of aromatic carboxylic acids is 1. The standard InChI is InChI=1S/C12H18N4O4/c1-5(2)8(10(13)17)16-12(20)15-7-4-6(3)14-9(7)11(18)19/h4-5,8,14H,1-3H3,(H2,13,17)(H,18,19)(H2,15,16,20). The van der Waals surface area contributed by atoms with Gasteiger partial charge in [-0.3, -0.25) is 4.79 Å². The number of anilines is 1. The Morgan fingerprint density at radius 2 is 1.95 bits per heavy atom. The quantitative estimate of drug-likeness (QED) is 0.541. The van der Waals surface area contributed by atoms with Gasteiger partial charge in [-0.1, -0.05) is 13.8 Å². The number of hydrogen-bond donors (Lipinski definition) is 5. The van der Waals surface area contributed by atoms with E-state index in [9.17, 15) is 14.4 Å². The zero-order valence-corrected chi connectivity index (χ0v) is 11.5. The van der Waals surface area contributed by atoms with E-state index in [1.165, 1.54) is 6.07 Å². The Morgan fingerprint density at radius 3 is 2.40 bits per heavy atom. The number of amides is 3. The lowest BCUT2D eigenvalue weighted by Gasteiger charge is -2.19. The summed E-state index contributed by atoms with van der Waals surface area (Å²) in [4.78, 5) is 36.6. The molecule has 1 unspecified atom stereocenters. The van der Waals surface area contributed by atoms with Crippen molar-refractivity contribution in [3.63, 3.8) is 0 Å². The molecule has 110 valence electrons. The minimum Gasteiger partial charge on any atom is -0.477 e. The predicted molar refractivity (Wildman–Crippen MR) is 72.5 cm³/mol. The third kappa shape index (κ3) is 3.74. The number of carbonyl (C=O) groups is 3. The zero-order chi connectivity index (χ0) is 15.4. The van der Waals surface area contributed by atoms with E-state index in [0.29, 0.717) is 5.69 Å². The first-order valence-corrected chi connectivity index (χ1v) is 6.02. The van der Waals surface area contributed by atoms with Crippen molar-refractivity contribution >= 4 is 23.6 Å². The van der Waals surface area contributed by atoms with Crippen LogP contribution in [0.4, 0.5) is 10.5 Å². The van der Waals surface area contributed by atoms with E-state index < -0.39 is 23.9 Å². The number of nitrogens with one attached hydrogen (secondary N) is 3. The monoisotopic (exact) mass is 282 g/mol. The molecule has 0 aliphatic rings. The number of aromatic amines is 1. The Bertz CT molecular complexity index is 536. The van der Waals surface area contributed by atoms with Crippen molar-refractivity contribution in [2.75, 3.05) is 5.32 Å². The van der Waals surface area contributed by atoms with Crippen LogP contribution in [0.15, 0.2) is 6.07 Å². The second-order valence-corrected chi connectivity index (χ2v) is 4.77. The molecule has 0 spiro atoms. The highest BCUT2D eigenvalue weighted by atomic mass is 16.4. The van der Waals surface area contributed by atoms with Crippen LogP contribution in [0.5, 0.6) is 0 Å². The summed E-state index contributed by atoms with van der Waals surface area (Å²) in [5.41, 5.74) is 5.77. The maximum Gasteiger partial charge on any atom is 0.354 e. The highest BCUT2D eigenvalue weighted by Crippen LogP contribution is 2.16. The van der Waals surface area contributed by atoms with E-state index in [1.807, 2.05) is 0 Å². The predicted octanol–water partition coefficient (Wildman–Crippen LogP) is 0.653. The average Bonchev–Trinajstić information content (AvgIpc) is 2.66. The van der Waals surface area contributed by atoms with Crippen molar-refractivity contribution in [3.05, 3.63) is 17.5 Å². The van der Waals surface area contributed by atoms with Crippen molar-refractivity contribution in [2.24, 2.45) is 11.7 Å². The first-order chi connectivity index (χ1) is 9.22. The molecule has 20 heavy (non-hydrogen) atoms. The second-order valence-electron chi connectivity index (χ2n) is 4.77. The molecule has 0 radical (unpaired) electrons. The van der Waals surface area contributed by atoms with Gasteiger partial charge in [0.2, 0.25) is 5.91 Å². The van der Waals surface area contributed by atoms with Crippen LogP contribution in [0.1, 0.15) is 30.0 Å². The van der Waals surface area contributed by atoms with Crippen molar-refractivity contribution in [3.8, 4) is 0 Å². The highest BCUT2D eigenvalue weighted by Gasteiger charge is 2.23.